The van der Waals surface area contributed by atoms with Crippen LogP contribution in [-0.2, 0) is 4.79 Å². The van der Waals surface area contributed by atoms with E-state index in [0.29, 0.717) is 5.02 Å². The van der Waals surface area contributed by atoms with Crippen molar-refractivity contribution in [2.24, 2.45) is 5.41 Å². The number of thiophene rings is 1. The van der Waals surface area contributed by atoms with Gasteiger partial charge in [-0.05, 0) is 39.9 Å². The van der Waals surface area contributed by atoms with Gasteiger partial charge in [0.25, 0.3) is 0 Å². The number of hydrogen-bond donors (Lipinski definition) is 1. The predicted octanol–water partition coefficient (Wildman–Crippen LogP) is 4.77. The van der Waals surface area contributed by atoms with Gasteiger partial charge >= 0.3 is 5.97 Å². The van der Waals surface area contributed by atoms with E-state index in [2.05, 4.69) is 0 Å². The quantitative estimate of drug-likeness (QED) is 0.861. The minimum absolute atomic E-state index is 0.331. The zero-order valence-electron chi connectivity index (χ0n) is 10.5. The maximum absolute atomic E-state index is 11.5. The van der Waals surface area contributed by atoms with E-state index in [1.54, 1.807) is 11.3 Å². The lowest BCUT2D eigenvalue weighted by Gasteiger charge is -2.26. The molecule has 1 aromatic carbocycles. The van der Waals surface area contributed by atoms with Gasteiger partial charge in [-0.15, -0.1) is 11.3 Å². The Morgan fingerprint density at radius 2 is 2.06 bits per heavy atom. The Morgan fingerprint density at radius 1 is 1.39 bits per heavy atom. The van der Waals surface area contributed by atoms with Crippen molar-refractivity contribution in [2.45, 2.75) is 26.7 Å². The van der Waals surface area contributed by atoms with E-state index in [0.717, 1.165) is 15.6 Å². The highest BCUT2D eigenvalue weighted by Crippen LogP contribution is 2.41. The van der Waals surface area contributed by atoms with E-state index in [-0.39, 0.29) is 5.41 Å². The highest BCUT2D eigenvalue weighted by atomic mass is 35.5. The van der Waals surface area contributed by atoms with Gasteiger partial charge in [0.2, 0.25) is 0 Å². The number of carboxylic acid groups (broad SMARTS) is 1. The second-order valence-corrected chi connectivity index (χ2v) is 6.82. The van der Waals surface area contributed by atoms with Gasteiger partial charge in [-0.25, -0.2) is 0 Å². The molecule has 0 spiro atoms. The molecule has 18 heavy (non-hydrogen) atoms. The fourth-order valence-corrected chi connectivity index (χ4v) is 3.35. The van der Waals surface area contributed by atoms with Crippen LogP contribution in [-0.4, -0.2) is 11.1 Å². The molecule has 0 aliphatic carbocycles. The van der Waals surface area contributed by atoms with Gasteiger partial charge in [-0.3, -0.25) is 4.79 Å². The lowest BCUT2D eigenvalue weighted by molar-refractivity contribution is -0.141. The highest BCUT2D eigenvalue weighted by Gasteiger charge is 2.34. The minimum Gasteiger partial charge on any atom is -0.481 e. The van der Waals surface area contributed by atoms with Crippen molar-refractivity contribution in [1.82, 2.24) is 0 Å². The van der Waals surface area contributed by atoms with Crippen molar-refractivity contribution in [3.63, 3.8) is 0 Å². The molecule has 0 saturated heterocycles. The van der Waals surface area contributed by atoms with E-state index in [4.69, 9.17) is 11.6 Å². The molecule has 0 bridgehead atoms. The molecule has 0 aliphatic rings. The fourth-order valence-electron chi connectivity index (χ4n) is 2.21. The van der Waals surface area contributed by atoms with Crippen molar-refractivity contribution < 1.29 is 9.90 Å². The largest absolute Gasteiger partial charge is 0.481 e. The summed E-state index contributed by atoms with van der Waals surface area (Å²) in [5, 5.41) is 13.0. The number of aliphatic carboxylic acids is 1. The number of halogens is 1. The molecule has 2 nitrogen and oxygen atoms in total. The maximum Gasteiger partial charge on any atom is 0.311 e. The average molecular weight is 283 g/mol. The summed E-state index contributed by atoms with van der Waals surface area (Å²) >= 11 is 7.57. The molecule has 1 heterocycles. The second kappa shape index (κ2) is 4.56. The second-order valence-electron chi connectivity index (χ2n) is 5.47. The molecule has 2 aromatic rings. The van der Waals surface area contributed by atoms with Crippen molar-refractivity contribution in [2.75, 3.05) is 0 Å². The van der Waals surface area contributed by atoms with Crippen LogP contribution in [0.15, 0.2) is 23.6 Å². The molecule has 4 heteroatoms. The molecule has 0 saturated carbocycles. The standard InChI is InChI=1S/C14H15ClO2S/c1-14(2,3)12(13(16)17)10-7-18-11-5-4-8(15)6-9(10)11/h4-7,12H,1-3H3,(H,16,17). The Balaban J connectivity index is 2.65. The van der Waals surface area contributed by atoms with Gasteiger partial charge in [-0.2, -0.15) is 0 Å². The zero-order valence-corrected chi connectivity index (χ0v) is 12.1. The van der Waals surface area contributed by atoms with Crippen molar-refractivity contribution in [1.29, 1.82) is 0 Å². The van der Waals surface area contributed by atoms with Crippen LogP contribution in [0.1, 0.15) is 32.3 Å². The molecule has 0 fully saturated rings. The minimum atomic E-state index is -0.790. The van der Waals surface area contributed by atoms with E-state index >= 15 is 0 Å². The van der Waals surface area contributed by atoms with Crippen LogP contribution in [0, 0.1) is 5.41 Å². The Kier molecular flexibility index (Phi) is 3.39. The van der Waals surface area contributed by atoms with Crippen LogP contribution in [0.2, 0.25) is 5.02 Å². The Labute approximate surface area is 115 Å². The molecule has 1 aromatic heterocycles. The molecule has 1 N–H and O–H groups in total. The number of benzene rings is 1. The molecule has 0 radical (unpaired) electrons. The monoisotopic (exact) mass is 282 g/mol. The first-order valence-corrected chi connectivity index (χ1v) is 6.96. The lowest BCUT2D eigenvalue weighted by atomic mass is 9.76. The summed E-state index contributed by atoms with van der Waals surface area (Å²) in [5.74, 6) is -1.31. The summed E-state index contributed by atoms with van der Waals surface area (Å²) < 4.78 is 1.07. The van der Waals surface area contributed by atoms with Crippen molar-refractivity contribution >= 4 is 39.0 Å². The van der Waals surface area contributed by atoms with Crippen LogP contribution in [0.5, 0.6) is 0 Å². The number of rotatable bonds is 2. The lowest BCUT2D eigenvalue weighted by Crippen LogP contribution is -2.25. The summed E-state index contributed by atoms with van der Waals surface area (Å²) in [4.78, 5) is 11.5. The summed E-state index contributed by atoms with van der Waals surface area (Å²) in [5.41, 5.74) is 0.528. The Bertz CT molecular complexity index is 595. The normalized spacial score (nSPS) is 13.8. The SMILES string of the molecule is CC(C)(C)C(C(=O)O)c1csc2ccc(Cl)cc12. The zero-order chi connectivity index (χ0) is 13.5. The highest BCUT2D eigenvalue weighted by molar-refractivity contribution is 7.17. The molecular weight excluding hydrogens is 268 g/mol. The van der Waals surface area contributed by atoms with E-state index in [9.17, 15) is 9.90 Å². The molecule has 0 amide bonds. The van der Waals surface area contributed by atoms with Gasteiger partial charge in [0.05, 0.1) is 5.92 Å². The molecule has 1 atom stereocenters. The van der Waals surface area contributed by atoms with Gasteiger partial charge in [-0.1, -0.05) is 32.4 Å². The third-order valence-electron chi connectivity index (χ3n) is 2.99. The van der Waals surface area contributed by atoms with Gasteiger partial charge in [0.15, 0.2) is 0 Å². The van der Waals surface area contributed by atoms with E-state index < -0.39 is 11.9 Å². The van der Waals surface area contributed by atoms with Crippen LogP contribution >= 0.6 is 22.9 Å². The van der Waals surface area contributed by atoms with Gasteiger partial charge in [0, 0.05) is 9.72 Å². The first kappa shape index (κ1) is 13.4. The average Bonchev–Trinajstić information content (AvgIpc) is 2.59. The van der Waals surface area contributed by atoms with Gasteiger partial charge in [0.1, 0.15) is 0 Å². The first-order valence-electron chi connectivity index (χ1n) is 5.70. The summed E-state index contributed by atoms with van der Waals surface area (Å²) in [6.45, 7) is 5.83. The molecule has 2 rings (SSSR count). The van der Waals surface area contributed by atoms with Crippen LogP contribution in [0.4, 0.5) is 0 Å². The van der Waals surface area contributed by atoms with Crippen LogP contribution in [0.25, 0.3) is 10.1 Å². The van der Waals surface area contributed by atoms with Crippen molar-refractivity contribution in [3.05, 3.63) is 34.2 Å². The Morgan fingerprint density at radius 3 is 2.61 bits per heavy atom. The maximum atomic E-state index is 11.5. The number of carbonyl (C=O) groups is 1. The third-order valence-corrected chi connectivity index (χ3v) is 4.21. The number of fused-ring (bicyclic) bond motifs is 1. The number of carboxylic acids is 1. The van der Waals surface area contributed by atoms with Crippen LogP contribution < -0.4 is 0 Å². The summed E-state index contributed by atoms with van der Waals surface area (Å²) in [6.07, 6.45) is 0. The molecule has 96 valence electrons. The summed E-state index contributed by atoms with van der Waals surface area (Å²) in [7, 11) is 0. The van der Waals surface area contributed by atoms with Gasteiger partial charge < -0.3 is 5.11 Å². The first-order chi connectivity index (χ1) is 8.30. The Hall–Kier alpha value is -1.06. The fraction of sp³-hybridized carbons (Fsp3) is 0.357. The van der Waals surface area contributed by atoms with E-state index in [1.165, 1.54) is 0 Å². The third kappa shape index (κ3) is 2.38. The smallest absolute Gasteiger partial charge is 0.311 e. The molecule has 1 unspecified atom stereocenters. The predicted molar refractivity (Wildman–Crippen MR) is 76.7 cm³/mol. The molecular formula is C14H15ClO2S. The van der Waals surface area contributed by atoms with E-state index in [1.807, 2.05) is 44.4 Å². The number of hydrogen-bond acceptors (Lipinski definition) is 2. The summed E-state index contributed by atoms with van der Waals surface area (Å²) in [6, 6.07) is 5.62. The topological polar surface area (TPSA) is 37.3 Å². The van der Waals surface area contributed by atoms with Crippen molar-refractivity contribution in [3.8, 4) is 0 Å². The van der Waals surface area contributed by atoms with Crippen LogP contribution in [0.3, 0.4) is 0 Å². The molecule has 0 aliphatic heterocycles.